The van der Waals surface area contributed by atoms with Crippen LogP contribution in [0.3, 0.4) is 0 Å². The summed E-state index contributed by atoms with van der Waals surface area (Å²) in [4.78, 5) is 12.9. The molecule has 5 rings (SSSR count). The van der Waals surface area contributed by atoms with Gasteiger partial charge in [0.15, 0.2) is 9.84 Å². The highest BCUT2D eigenvalue weighted by Gasteiger charge is 2.29. The Kier molecular flexibility index (Phi) is 5.42. The van der Waals surface area contributed by atoms with Gasteiger partial charge in [-0.3, -0.25) is 4.79 Å². The van der Waals surface area contributed by atoms with Crippen LogP contribution in [0.5, 0.6) is 0 Å². The quantitative estimate of drug-likeness (QED) is 0.466. The Hall–Kier alpha value is -3.23. The van der Waals surface area contributed by atoms with Crippen molar-refractivity contribution in [3.63, 3.8) is 0 Å². The van der Waals surface area contributed by atoms with E-state index in [1.54, 1.807) is 41.1 Å². The van der Waals surface area contributed by atoms with E-state index in [2.05, 4.69) is 5.32 Å². The van der Waals surface area contributed by atoms with E-state index in [4.69, 9.17) is 16.7 Å². The van der Waals surface area contributed by atoms with Gasteiger partial charge in [0.25, 0.3) is 5.91 Å². The maximum atomic E-state index is 13.5. The number of rotatable bonds is 4. The van der Waals surface area contributed by atoms with Crippen molar-refractivity contribution in [2.45, 2.75) is 12.5 Å². The number of halogens is 2. The summed E-state index contributed by atoms with van der Waals surface area (Å²) in [7, 11) is -3.11. The topological polar surface area (TPSA) is 81.1 Å². The minimum absolute atomic E-state index is 0.0504. The number of fused-ring (bicyclic) bond motifs is 1. The van der Waals surface area contributed by atoms with Gasteiger partial charge in [0, 0.05) is 22.6 Å². The Labute approximate surface area is 194 Å². The lowest BCUT2D eigenvalue weighted by atomic mass is 10.1. The number of sulfone groups is 1. The largest absolute Gasteiger partial charge is 0.348 e. The van der Waals surface area contributed by atoms with E-state index in [1.165, 1.54) is 12.1 Å². The van der Waals surface area contributed by atoms with Gasteiger partial charge < -0.3 is 5.32 Å². The molecule has 1 atom stereocenters. The molecule has 168 valence electrons. The molecule has 1 amide bonds. The maximum Gasteiger partial charge on any atom is 0.251 e. The zero-order valence-corrected chi connectivity index (χ0v) is 18.9. The lowest BCUT2D eigenvalue weighted by Gasteiger charge is -2.11. The smallest absolute Gasteiger partial charge is 0.251 e. The molecule has 1 fully saturated rings. The van der Waals surface area contributed by atoms with Gasteiger partial charge in [-0.2, -0.15) is 5.10 Å². The summed E-state index contributed by atoms with van der Waals surface area (Å²) in [5, 5.41) is 8.86. The van der Waals surface area contributed by atoms with Gasteiger partial charge in [0.1, 0.15) is 11.5 Å². The highest BCUT2D eigenvalue weighted by atomic mass is 35.5. The third-order valence-corrected chi connectivity index (χ3v) is 7.81. The van der Waals surface area contributed by atoms with Crippen molar-refractivity contribution >= 4 is 38.2 Å². The molecule has 0 radical (unpaired) electrons. The monoisotopic (exact) mass is 483 g/mol. The maximum absolute atomic E-state index is 13.5. The molecule has 9 heteroatoms. The molecule has 0 bridgehead atoms. The minimum Gasteiger partial charge on any atom is -0.348 e. The van der Waals surface area contributed by atoms with E-state index >= 15 is 0 Å². The average Bonchev–Trinajstić information content (AvgIpc) is 3.33. The van der Waals surface area contributed by atoms with Crippen LogP contribution in [0.15, 0.2) is 66.7 Å². The summed E-state index contributed by atoms with van der Waals surface area (Å²) < 4.78 is 38.6. The Bertz CT molecular complexity index is 1480. The van der Waals surface area contributed by atoms with E-state index in [0.717, 1.165) is 10.9 Å². The number of benzene rings is 3. The highest BCUT2D eigenvalue weighted by molar-refractivity contribution is 7.91. The van der Waals surface area contributed by atoms with Crippen LogP contribution in [0.2, 0.25) is 5.02 Å². The molecule has 33 heavy (non-hydrogen) atoms. The van der Waals surface area contributed by atoms with E-state index in [9.17, 15) is 17.6 Å². The number of carbonyl (C=O) groups is 1. The zero-order valence-electron chi connectivity index (χ0n) is 17.3. The van der Waals surface area contributed by atoms with Gasteiger partial charge in [0.2, 0.25) is 0 Å². The Morgan fingerprint density at radius 3 is 2.55 bits per heavy atom. The first-order chi connectivity index (χ1) is 15.8. The number of nitrogens with one attached hydrogen (secondary N) is 1. The van der Waals surface area contributed by atoms with Crippen LogP contribution in [0.25, 0.3) is 27.8 Å². The normalized spacial score (nSPS) is 17.3. The highest BCUT2D eigenvalue weighted by Crippen LogP contribution is 2.34. The van der Waals surface area contributed by atoms with Crippen LogP contribution in [0.1, 0.15) is 16.8 Å². The van der Waals surface area contributed by atoms with Crippen molar-refractivity contribution in [3.8, 4) is 16.9 Å². The van der Waals surface area contributed by atoms with Crippen LogP contribution in [-0.4, -0.2) is 41.7 Å². The molecule has 0 unspecified atom stereocenters. The predicted molar refractivity (Wildman–Crippen MR) is 126 cm³/mol. The fourth-order valence-corrected chi connectivity index (χ4v) is 5.96. The summed E-state index contributed by atoms with van der Waals surface area (Å²) in [6.45, 7) is 0. The first-order valence-corrected chi connectivity index (χ1v) is 12.6. The number of amides is 1. The summed E-state index contributed by atoms with van der Waals surface area (Å²) in [6, 6.07) is 18.0. The van der Waals surface area contributed by atoms with Crippen molar-refractivity contribution < 1.29 is 17.6 Å². The first kappa shape index (κ1) is 21.6. The summed E-state index contributed by atoms with van der Waals surface area (Å²) in [5.74, 6) is -0.695. The molecular weight excluding hydrogens is 465 g/mol. The van der Waals surface area contributed by atoms with Gasteiger partial charge >= 0.3 is 0 Å². The second kappa shape index (κ2) is 8.28. The second-order valence-electron chi connectivity index (χ2n) is 8.02. The van der Waals surface area contributed by atoms with Gasteiger partial charge in [-0.1, -0.05) is 29.8 Å². The molecule has 1 aliphatic rings. The molecule has 0 spiro atoms. The Balaban J connectivity index is 1.60. The molecule has 6 nitrogen and oxygen atoms in total. The molecule has 2 heterocycles. The van der Waals surface area contributed by atoms with Gasteiger partial charge in [-0.15, -0.1) is 0 Å². The summed E-state index contributed by atoms with van der Waals surface area (Å²) >= 11 is 6.42. The molecule has 4 aromatic rings. The number of hydrogen-bond acceptors (Lipinski definition) is 4. The van der Waals surface area contributed by atoms with E-state index in [-0.39, 0.29) is 23.2 Å². The fourth-order valence-electron chi connectivity index (χ4n) is 4.06. The third-order valence-electron chi connectivity index (χ3n) is 5.71. The van der Waals surface area contributed by atoms with Crippen LogP contribution >= 0.6 is 11.6 Å². The standard InChI is InChI=1S/C24H19ClFN3O3S/c25-21-4-2-1-3-19(21)23-20-10-5-15(24(30)27-17-11-12-33(31,32)14-17)13-22(20)29(28-23)18-8-6-16(26)7-9-18/h1-10,13,17H,11-12,14H2,(H,27,30)/t17-/m1/s1. The van der Waals surface area contributed by atoms with Crippen LogP contribution < -0.4 is 5.32 Å². The second-order valence-corrected chi connectivity index (χ2v) is 10.7. The summed E-state index contributed by atoms with van der Waals surface area (Å²) in [6.07, 6.45) is 0.403. The van der Waals surface area contributed by atoms with Crippen molar-refractivity contribution in [3.05, 3.63) is 83.1 Å². The fraction of sp³-hybridized carbons (Fsp3) is 0.167. The molecule has 1 N–H and O–H groups in total. The van der Waals surface area contributed by atoms with Crippen molar-refractivity contribution in [1.82, 2.24) is 15.1 Å². The third kappa shape index (κ3) is 4.24. The van der Waals surface area contributed by atoms with Gasteiger partial charge in [-0.25, -0.2) is 17.5 Å². The molecule has 0 aliphatic carbocycles. The number of nitrogens with zero attached hydrogens (tertiary/aromatic N) is 2. The van der Waals surface area contributed by atoms with Crippen molar-refractivity contribution in [2.75, 3.05) is 11.5 Å². The minimum atomic E-state index is -3.11. The van der Waals surface area contributed by atoms with Crippen LogP contribution in [0, 0.1) is 5.82 Å². The SMILES string of the molecule is O=C(N[C@@H]1CCS(=O)(=O)C1)c1ccc2c(-c3ccccc3Cl)nn(-c3ccc(F)cc3)c2c1. The molecule has 1 aliphatic heterocycles. The average molecular weight is 484 g/mol. The first-order valence-electron chi connectivity index (χ1n) is 10.4. The molecule has 1 aromatic heterocycles. The number of aromatic nitrogens is 2. The van der Waals surface area contributed by atoms with Gasteiger partial charge in [0.05, 0.1) is 27.7 Å². The van der Waals surface area contributed by atoms with E-state index in [1.807, 2.05) is 18.2 Å². The lowest BCUT2D eigenvalue weighted by Crippen LogP contribution is -2.35. The van der Waals surface area contributed by atoms with Crippen LogP contribution in [-0.2, 0) is 9.84 Å². The van der Waals surface area contributed by atoms with Gasteiger partial charge in [-0.05, 0) is 55.0 Å². The van der Waals surface area contributed by atoms with Crippen molar-refractivity contribution in [1.29, 1.82) is 0 Å². The Morgan fingerprint density at radius 2 is 1.85 bits per heavy atom. The van der Waals surface area contributed by atoms with E-state index < -0.39 is 15.9 Å². The molecule has 0 saturated carbocycles. The summed E-state index contributed by atoms with van der Waals surface area (Å²) in [5.41, 5.74) is 3.01. The molecular formula is C24H19ClFN3O3S. The number of hydrogen-bond donors (Lipinski definition) is 1. The van der Waals surface area contributed by atoms with Crippen molar-refractivity contribution in [2.24, 2.45) is 0 Å². The number of carbonyl (C=O) groups excluding carboxylic acids is 1. The van der Waals surface area contributed by atoms with E-state index in [0.29, 0.717) is 33.9 Å². The predicted octanol–water partition coefficient (Wildman–Crippen LogP) is 4.40. The Morgan fingerprint density at radius 1 is 1.09 bits per heavy atom. The molecule has 3 aromatic carbocycles. The van der Waals surface area contributed by atoms with Crippen LogP contribution in [0.4, 0.5) is 4.39 Å². The zero-order chi connectivity index (χ0) is 23.2. The lowest BCUT2D eigenvalue weighted by molar-refractivity contribution is 0.0941. The molecule has 1 saturated heterocycles.